The Balaban J connectivity index is 2.14. The number of H-pyrrole nitrogens is 1. The number of aromatic nitrogens is 3. The molecule has 0 fully saturated rings. The van der Waals surface area contributed by atoms with Crippen molar-refractivity contribution in [2.24, 2.45) is 0 Å². The second kappa shape index (κ2) is 5.19. The molecule has 0 unspecified atom stereocenters. The molecule has 1 amide bonds. The predicted molar refractivity (Wildman–Crippen MR) is 61.7 cm³/mol. The zero-order chi connectivity index (χ0) is 14.8. The van der Waals surface area contributed by atoms with Gasteiger partial charge in [-0.3, -0.25) is 0 Å². The highest BCUT2D eigenvalue weighted by molar-refractivity contribution is 5.64. The summed E-state index contributed by atoms with van der Waals surface area (Å²) >= 11 is 0. The Labute approximate surface area is 110 Å². The average molecular weight is 286 g/mol. The van der Waals surface area contributed by atoms with Crippen LogP contribution in [0.2, 0.25) is 0 Å². The van der Waals surface area contributed by atoms with Gasteiger partial charge in [0.1, 0.15) is 5.82 Å². The molecule has 106 valence electrons. The topological polar surface area (TPSA) is 90.9 Å². The van der Waals surface area contributed by atoms with Crippen LogP contribution in [0.15, 0.2) is 24.3 Å². The number of benzene rings is 1. The molecule has 0 aliphatic heterocycles. The van der Waals surface area contributed by atoms with Gasteiger partial charge >= 0.3 is 12.3 Å². The van der Waals surface area contributed by atoms with Gasteiger partial charge in [0, 0.05) is 5.56 Å². The largest absolute Gasteiger partial charge is 0.465 e. The minimum Gasteiger partial charge on any atom is -0.465 e. The third-order valence-corrected chi connectivity index (χ3v) is 2.43. The van der Waals surface area contributed by atoms with Crippen LogP contribution in [0.25, 0.3) is 11.4 Å². The van der Waals surface area contributed by atoms with Crippen molar-refractivity contribution in [1.82, 2.24) is 20.5 Å². The van der Waals surface area contributed by atoms with Gasteiger partial charge in [-0.15, -0.1) is 10.2 Å². The molecule has 0 radical (unpaired) electrons. The number of hydrogen-bond acceptors (Lipinski definition) is 3. The van der Waals surface area contributed by atoms with E-state index in [0.29, 0.717) is 5.56 Å². The number of amides is 1. The first-order valence-corrected chi connectivity index (χ1v) is 5.42. The molecule has 0 bridgehead atoms. The molecule has 0 saturated heterocycles. The van der Waals surface area contributed by atoms with Crippen LogP contribution >= 0.6 is 0 Å². The van der Waals surface area contributed by atoms with E-state index in [1.165, 1.54) is 12.1 Å². The first-order valence-electron chi connectivity index (χ1n) is 5.42. The fourth-order valence-electron chi connectivity index (χ4n) is 1.48. The second-order valence-corrected chi connectivity index (χ2v) is 3.85. The maximum absolute atomic E-state index is 12.4. The second-order valence-electron chi connectivity index (χ2n) is 3.85. The molecule has 6 nitrogen and oxygen atoms in total. The summed E-state index contributed by atoms with van der Waals surface area (Å²) < 4.78 is 37.2. The van der Waals surface area contributed by atoms with Gasteiger partial charge in [-0.05, 0) is 12.1 Å². The lowest BCUT2D eigenvalue weighted by atomic mass is 10.1. The maximum atomic E-state index is 12.4. The SMILES string of the molecule is O=C(O)NCc1nnc(-c2ccc(C(F)(F)F)cc2)[nH]1. The molecule has 1 aromatic heterocycles. The number of carbonyl (C=O) groups is 1. The molecule has 1 aromatic carbocycles. The Morgan fingerprint density at radius 2 is 1.90 bits per heavy atom. The van der Waals surface area contributed by atoms with Crippen molar-refractivity contribution in [2.45, 2.75) is 12.7 Å². The van der Waals surface area contributed by atoms with Crippen LogP contribution in [-0.4, -0.2) is 26.4 Å². The van der Waals surface area contributed by atoms with Gasteiger partial charge in [-0.2, -0.15) is 13.2 Å². The van der Waals surface area contributed by atoms with E-state index in [4.69, 9.17) is 5.11 Å². The van der Waals surface area contributed by atoms with Crippen LogP contribution in [0, 0.1) is 0 Å². The van der Waals surface area contributed by atoms with Gasteiger partial charge in [0.2, 0.25) is 0 Å². The average Bonchev–Trinajstić information content (AvgIpc) is 2.84. The van der Waals surface area contributed by atoms with E-state index in [9.17, 15) is 18.0 Å². The number of aromatic amines is 1. The van der Waals surface area contributed by atoms with Crippen molar-refractivity contribution < 1.29 is 23.1 Å². The van der Waals surface area contributed by atoms with E-state index in [1.807, 2.05) is 0 Å². The van der Waals surface area contributed by atoms with Crippen LogP contribution in [0.5, 0.6) is 0 Å². The fourth-order valence-corrected chi connectivity index (χ4v) is 1.48. The summed E-state index contributed by atoms with van der Waals surface area (Å²) in [6, 6.07) is 4.40. The standard InChI is InChI=1S/C11H9F3N4O2/c12-11(13,14)7-3-1-6(2-4-7)9-16-8(17-18-9)5-15-10(19)20/h1-4,15H,5H2,(H,19,20)(H,16,17,18). The number of nitrogens with one attached hydrogen (secondary N) is 2. The Hall–Kier alpha value is -2.58. The first kappa shape index (κ1) is 13.8. The van der Waals surface area contributed by atoms with E-state index in [0.717, 1.165) is 12.1 Å². The Bertz CT molecular complexity index is 607. The molecule has 0 spiro atoms. The van der Waals surface area contributed by atoms with Crippen LogP contribution < -0.4 is 5.32 Å². The number of rotatable bonds is 3. The molecule has 0 aliphatic carbocycles. The molecular weight excluding hydrogens is 277 g/mol. The molecule has 0 saturated carbocycles. The summed E-state index contributed by atoms with van der Waals surface area (Å²) in [4.78, 5) is 13.0. The lowest BCUT2D eigenvalue weighted by Crippen LogP contribution is -2.20. The number of hydrogen-bond donors (Lipinski definition) is 3. The highest BCUT2D eigenvalue weighted by Gasteiger charge is 2.30. The van der Waals surface area contributed by atoms with Gasteiger partial charge in [0.05, 0.1) is 12.1 Å². The van der Waals surface area contributed by atoms with Crippen molar-refractivity contribution in [1.29, 1.82) is 0 Å². The molecular formula is C11H9F3N4O2. The normalized spacial score (nSPS) is 11.3. The Morgan fingerprint density at radius 1 is 1.25 bits per heavy atom. The van der Waals surface area contributed by atoms with Gasteiger partial charge < -0.3 is 15.4 Å². The molecule has 3 N–H and O–H groups in total. The molecule has 2 rings (SSSR count). The number of nitrogens with zero attached hydrogens (tertiary/aromatic N) is 2. The zero-order valence-corrected chi connectivity index (χ0v) is 9.90. The lowest BCUT2D eigenvalue weighted by Gasteiger charge is -2.06. The third-order valence-electron chi connectivity index (χ3n) is 2.43. The highest BCUT2D eigenvalue weighted by Crippen LogP contribution is 2.30. The molecule has 9 heteroatoms. The Morgan fingerprint density at radius 3 is 2.45 bits per heavy atom. The van der Waals surface area contributed by atoms with Crippen molar-refractivity contribution in [3.05, 3.63) is 35.7 Å². The summed E-state index contributed by atoms with van der Waals surface area (Å²) in [7, 11) is 0. The van der Waals surface area contributed by atoms with E-state index in [-0.39, 0.29) is 18.2 Å². The quantitative estimate of drug-likeness (QED) is 0.807. The monoisotopic (exact) mass is 286 g/mol. The molecule has 20 heavy (non-hydrogen) atoms. The minimum atomic E-state index is -4.39. The van der Waals surface area contributed by atoms with Gasteiger partial charge in [-0.25, -0.2) is 4.79 Å². The summed E-state index contributed by atoms with van der Waals surface area (Å²) in [6.07, 6.45) is -5.60. The predicted octanol–water partition coefficient (Wildman–Crippen LogP) is 2.26. The fraction of sp³-hybridized carbons (Fsp3) is 0.182. The number of alkyl halides is 3. The summed E-state index contributed by atoms with van der Waals surface area (Å²) in [5.74, 6) is 0.531. The Kier molecular flexibility index (Phi) is 3.59. The number of carboxylic acid groups (broad SMARTS) is 1. The number of halogens is 3. The van der Waals surface area contributed by atoms with E-state index in [2.05, 4.69) is 20.5 Å². The van der Waals surface area contributed by atoms with Gasteiger partial charge in [0.25, 0.3) is 0 Å². The van der Waals surface area contributed by atoms with Crippen molar-refractivity contribution >= 4 is 6.09 Å². The van der Waals surface area contributed by atoms with E-state index in [1.54, 1.807) is 0 Å². The van der Waals surface area contributed by atoms with Crippen LogP contribution in [0.4, 0.5) is 18.0 Å². The lowest BCUT2D eigenvalue weighted by molar-refractivity contribution is -0.137. The maximum Gasteiger partial charge on any atom is 0.416 e. The van der Waals surface area contributed by atoms with Crippen molar-refractivity contribution in [2.75, 3.05) is 0 Å². The third kappa shape index (κ3) is 3.25. The highest BCUT2D eigenvalue weighted by atomic mass is 19.4. The van der Waals surface area contributed by atoms with Crippen molar-refractivity contribution in [3.63, 3.8) is 0 Å². The minimum absolute atomic E-state index is 0.0665. The molecule has 2 aromatic rings. The van der Waals surface area contributed by atoms with E-state index >= 15 is 0 Å². The van der Waals surface area contributed by atoms with Crippen LogP contribution in [0.3, 0.4) is 0 Å². The van der Waals surface area contributed by atoms with Crippen molar-refractivity contribution in [3.8, 4) is 11.4 Å². The summed E-state index contributed by atoms with van der Waals surface area (Å²) in [5.41, 5.74) is -0.333. The van der Waals surface area contributed by atoms with Crippen LogP contribution in [0.1, 0.15) is 11.4 Å². The molecule has 0 atom stereocenters. The smallest absolute Gasteiger partial charge is 0.416 e. The van der Waals surface area contributed by atoms with Gasteiger partial charge in [-0.1, -0.05) is 12.1 Å². The van der Waals surface area contributed by atoms with E-state index < -0.39 is 17.8 Å². The zero-order valence-electron chi connectivity index (χ0n) is 9.90. The molecule has 0 aliphatic rings. The summed E-state index contributed by atoms with van der Waals surface area (Å²) in [5, 5.41) is 17.9. The molecule has 1 heterocycles. The first-order chi connectivity index (χ1) is 9.36. The van der Waals surface area contributed by atoms with Gasteiger partial charge in [0.15, 0.2) is 5.82 Å². The van der Waals surface area contributed by atoms with Crippen LogP contribution in [-0.2, 0) is 12.7 Å². The summed E-state index contributed by atoms with van der Waals surface area (Å²) in [6.45, 7) is -0.0665.